The highest BCUT2D eigenvalue weighted by molar-refractivity contribution is 5.84. The molecule has 0 atom stereocenters. The zero-order valence-electron chi connectivity index (χ0n) is 18.6. The summed E-state index contributed by atoms with van der Waals surface area (Å²) in [5.41, 5.74) is 9.79. The van der Waals surface area contributed by atoms with E-state index in [-0.39, 0.29) is 0 Å². The second-order valence-corrected chi connectivity index (χ2v) is 9.23. The summed E-state index contributed by atoms with van der Waals surface area (Å²) in [5.74, 6) is 1.14. The van der Waals surface area contributed by atoms with E-state index in [1.165, 1.54) is 19.3 Å². The van der Waals surface area contributed by atoms with Crippen molar-refractivity contribution < 1.29 is 5.11 Å². The molecule has 0 unspecified atom stereocenters. The monoisotopic (exact) mass is 423 g/mol. The van der Waals surface area contributed by atoms with E-state index in [0.29, 0.717) is 30.9 Å². The third-order valence-electron chi connectivity index (χ3n) is 5.81. The van der Waals surface area contributed by atoms with E-state index < -0.39 is 5.60 Å². The van der Waals surface area contributed by atoms with Crippen LogP contribution in [0, 0.1) is 6.92 Å². The van der Waals surface area contributed by atoms with Crippen LogP contribution in [-0.4, -0.2) is 36.8 Å². The van der Waals surface area contributed by atoms with Gasteiger partial charge in [0.25, 0.3) is 0 Å². The van der Waals surface area contributed by atoms with Gasteiger partial charge in [-0.05, 0) is 45.2 Å². The van der Waals surface area contributed by atoms with Crippen molar-refractivity contribution >= 4 is 28.6 Å². The quantitative estimate of drug-likeness (QED) is 0.424. The van der Waals surface area contributed by atoms with Gasteiger partial charge in [-0.2, -0.15) is 9.97 Å². The molecule has 166 valence electrons. The predicted octanol–water partition coefficient (Wildman–Crippen LogP) is 4.02. The van der Waals surface area contributed by atoms with Gasteiger partial charge in [-0.3, -0.25) is 0 Å². The van der Waals surface area contributed by atoms with E-state index in [0.717, 1.165) is 40.8 Å². The Bertz CT molecular complexity index is 1050. The van der Waals surface area contributed by atoms with Crippen molar-refractivity contribution in [3.63, 3.8) is 0 Å². The van der Waals surface area contributed by atoms with Crippen LogP contribution in [0.15, 0.2) is 24.5 Å². The Labute approximate surface area is 183 Å². The van der Waals surface area contributed by atoms with Crippen LogP contribution in [0.25, 0.3) is 11.2 Å². The average Bonchev–Trinajstić information content (AvgIpc) is 3.17. The first-order valence-electron chi connectivity index (χ1n) is 11.1. The minimum absolute atomic E-state index is 0.348. The molecule has 0 aliphatic heterocycles. The highest BCUT2D eigenvalue weighted by atomic mass is 16.3. The zero-order valence-corrected chi connectivity index (χ0v) is 18.6. The van der Waals surface area contributed by atoms with Gasteiger partial charge in [-0.1, -0.05) is 37.0 Å². The van der Waals surface area contributed by atoms with Gasteiger partial charge in [0.2, 0.25) is 5.95 Å². The molecule has 1 aliphatic rings. The SMILES string of the molecule is Cc1ccc(N)c(CNc2nc(NCC(C)(C)O)nc3c2ncn3C2CCCCC2)c1. The second kappa shape index (κ2) is 8.70. The summed E-state index contributed by atoms with van der Waals surface area (Å²) in [6.45, 7) is 6.45. The van der Waals surface area contributed by atoms with Gasteiger partial charge in [-0.25, -0.2) is 4.98 Å². The third kappa shape index (κ3) is 5.07. The minimum atomic E-state index is -0.870. The Balaban J connectivity index is 1.68. The van der Waals surface area contributed by atoms with Crippen LogP contribution in [0.4, 0.5) is 17.5 Å². The van der Waals surface area contributed by atoms with Gasteiger partial charge in [0.1, 0.15) is 0 Å². The van der Waals surface area contributed by atoms with Crippen molar-refractivity contribution in [2.75, 3.05) is 22.9 Å². The van der Waals surface area contributed by atoms with E-state index in [1.54, 1.807) is 13.8 Å². The molecule has 8 nitrogen and oxygen atoms in total. The second-order valence-electron chi connectivity index (χ2n) is 9.23. The standard InChI is InChI=1S/C23H33N7O/c1-15-9-10-18(24)16(11-15)12-25-20-19-21(29-22(28-20)26-13-23(2,3)31)30(14-27-19)17-7-5-4-6-8-17/h9-11,14,17,31H,4-8,12-13,24H2,1-3H3,(H2,25,26,28,29). The van der Waals surface area contributed by atoms with Crippen molar-refractivity contribution in [1.29, 1.82) is 0 Å². The first kappa shape index (κ1) is 21.4. The summed E-state index contributed by atoms with van der Waals surface area (Å²) in [4.78, 5) is 14.1. The number of nitrogens with zero attached hydrogens (tertiary/aromatic N) is 4. The van der Waals surface area contributed by atoms with Gasteiger partial charge in [-0.15, -0.1) is 0 Å². The van der Waals surface area contributed by atoms with Crippen molar-refractivity contribution in [2.45, 2.75) is 71.1 Å². The van der Waals surface area contributed by atoms with E-state index in [4.69, 9.17) is 10.7 Å². The number of rotatable bonds is 7. The summed E-state index contributed by atoms with van der Waals surface area (Å²) in [6, 6.07) is 6.42. The lowest BCUT2D eigenvalue weighted by Gasteiger charge is -2.23. The Morgan fingerprint density at radius 1 is 1.16 bits per heavy atom. The molecule has 1 saturated carbocycles. The molecule has 5 N–H and O–H groups in total. The molecule has 2 aromatic heterocycles. The number of aryl methyl sites for hydroxylation is 1. The number of imidazole rings is 1. The molecular formula is C23H33N7O. The molecule has 0 spiro atoms. The highest BCUT2D eigenvalue weighted by Gasteiger charge is 2.21. The lowest BCUT2D eigenvalue weighted by molar-refractivity contribution is 0.0943. The zero-order chi connectivity index (χ0) is 22.0. The van der Waals surface area contributed by atoms with Gasteiger partial charge < -0.3 is 26.0 Å². The maximum absolute atomic E-state index is 10.1. The van der Waals surface area contributed by atoms with Crippen molar-refractivity contribution in [3.05, 3.63) is 35.7 Å². The number of fused-ring (bicyclic) bond motifs is 1. The number of nitrogens with one attached hydrogen (secondary N) is 2. The van der Waals surface area contributed by atoms with Crippen LogP contribution in [0.3, 0.4) is 0 Å². The number of hydrogen-bond acceptors (Lipinski definition) is 7. The van der Waals surface area contributed by atoms with Crippen LogP contribution >= 0.6 is 0 Å². The number of nitrogen functional groups attached to an aromatic ring is 1. The molecule has 1 aliphatic carbocycles. The van der Waals surface area contributed by atoms with Gasteiger partial charge in [0.05, 0.1) is 11.9 Å². The topological polar surface area (TPSA) is 114 Å². The fourth-order valence-corrected chi connectivity index (χ4v) is 4.11. The molecular weight excluding hydrogens is 390 g/mol. The van der Waals surface area contributed by atoms with E-state index >= 15 is 0 Å². The molecule has 31 heavy (non-hydrogen) atoms. The van der Waals surface area contributed by atoms with E-state index in [2.05, 4.69) is 38.2 Å². The molecule has 0 bridgehead atoms. The summed E-state index contributed by atoms with van der Waals surface area (Å²) in [5, 5.41) is 16.7. The number of benzene rings is 1. The molecule has 2 heterocycles. The molecule has 0 amide bonds. The Hall–Kier alpha value is -2.87. The van der Waals surface area contributed by atoms with Crippen LogP contribution < -0.4 is 16.4 Å². The Morgan fingerprint density at radius 2 is 1.94 bits per heavy atom. The summed E-state index contributed by atoms with van der Waals surface area (Å²) in [6.07, 6.45) is 7.94. The van der Waals surface area contributed by atoms with Crippen LogP contribution in [-0.2, 0) is 6.54 Å². The fourth-order valence-electron chi connectivity index (χ4n) is 4.11. The molecule has 0 radical (unpaired) electrons. The van der Waals surface area contributed by atoms with Gasteiger partial charge >= 0.3 is 0 Å². The normalized spacial score (nSPS) is 15.4. The van der Waals surface area contributed by atoms with Crippen LogP contribution in [0.5, 0.6) is 0 Å². The Morgan fingerprint density at radius 3 is 2.68 bits per heavy atom. The van der Waals surface area contributed by atoms with Crippen LogP contribution in [0.1, 0.15) is 63.1 Å². The largest absolute Gasteiger partial charge is 0.398 e. The predicted molar refractivity (Wildman–Crippen MR) is 125 cm³/mol. The molecule has 8 heteroatoms. The summed E-state index contributed by atoms with van der Waals surface area (Å²) >= 11 is 0. The van der Waals surface area contributed by atoms with Crippen molar-refractivity contribution in [2.24, 2.45) is 0 Å². The van der Waals surface area contributed by atoms with Crippen LogP contribution in [0.2, 0.25) is 0 Å². The maximum atomic E-state index is 10.1. The fraction of sp³-hybridized carbons (Fsp3) is 0.522. The number of anilines is 3. The maximum Gasteiger partial charge on any atom is 0.226 e. The molecule has 0 saturated heterocycles. The van der Waals surface area contributed by atoms with Gasteiger partial charge in [0, 0.05) is 24.8 Å². The van der Waals surface area contributed by atoms with Crippen molar-refractivity contribution in [3.8, 4) is 0 Å². The third-order valence-corrected chi connectivity index (χ3v) is 5.81. The number of aliphatic hydroxyl groups is 1. The average molecular weight is 424 g/mol. The lowest BCUT2D eigenvalue weighted by Crippen LogP contribution is -2.30. The number of hydrogen-bond donors (Lipinski definition) is 4. The molecule has 1 fully saturated rings. The van der Waals surface area contributed by atoms with E-state index in [1.807, 2.05) is 18.5 Å². The number of nitrogens with two attached hydrogens (primary N) is 1. The highest BCUT2D eigenvalue weighted by Crippen LogP contribution is 2.32. The summed E-state index contributed by atoms with van der Waals surface area (Å²) < 4.78 is 2.19. The first-order valence-corrected chi connectivity index (χ1v) is 11.1. The van der Waals surface area contributed by atoms with Crippen molar-refractivity contribution in [1.82, 2.24) is 19.5 Å². The smallest absolute Gasteiger partial charge is 0.226 e. The Kier molecular flexibility index (Phi) is 6.00. The van der Waals surface area contributed by atoms with E-state index in [9.17, 15) is 5.11 Å². The first-order chi connectivity index (χ1) is 14.8. The molecule has 3 aromatic rings. The minimum Gasteiger partial charge on any atom is -0.398 e. The number of aromatic nitrogens is 4. The van der Waals surface area contributed by atoms with Gasteiger partial charge in [0.15, 0.2) is 17.0 Å². The molecule has 1 aromatic carbocycles. The molecule has 4 rings (SSSR count). The summed E-state index contributed by atoms with van der Waals surface area (Å²) in [7, 11) is 0. The lowest BCUT2D eigenvalue weighted by atomic mass is 9.95.